The van der Waals surface area contributed by atoms with Gasteiger partial charge in [-0.25, -0.2) is 0 Å². The van der Waals surface area contributed by atoms with Crippen LogP contribution >= 0.6 is 11.3 Å². The van der Waals surface area contributed by atoms with Crippen LogP contribution in [0.15, 0.2) is 11.4 Å². The lowest BCUT2D eigenvalue weighted by molar-refractivity contribution is -0.138. The second kappa shape index (κ2) is 6.95. The second-order valence-corrected chi connectivity index (χ2v) is 3.98. The summed E-state index contributed by atoms with van der Waals surface area (Å²) in [7, 11) is 1.69. The van der Waals surface area contributed by atoms with Gasteiger partial charge in [0.1, 0.15) is 0 Å². The van der Waals surface area contributed by atoms with Gasteiger partial charge >= 0.3 is 0 Å². The molecule has 0 aromatic carbocycles. The summed E-state index contributed by atoms with van der Waals surface area (Å²) in [4.78, 5) is 1.10. The van der Waals surface area contributed by atoms with Crippen LogP contribution in [0.5, 0.6) is 0 Å². The zero-order valence-corrected chi connectivity index (χ0v) is 10.3. The van der Waals surface area contributed by atoms with Crippen LogP contribution in [0.1, 0.15) is 30.6 Å². The minimum atomic E-state index is -0.226. The molecule has 0 aliphatic carbocycles. The standard InChI is InChI=1S/C11H18O3S/c1-4-13-11(14-5-2)10-6-9(7-12-3)8-15-10/h6,8,11H,4-5,7H2,1-3H3. The van der Waals surface area contributed by atoms with Gasteiger partial charge in [0, 0.05) is 20.3 Å². The zero-order valence-electron chi connectivity index (χ0n) is 9.49. The largest absolute Gasteiger partial charge is 0.380 e. The Bertz CT molecular complexity index is 267. The SMILES string of the molecule is CCOC(OCC)c1cc(COC)cs1. The summed E-state index contributed by atoms with van der Waals surface area (Å²) in [6.07, 6.45) is -0.226. The third-order valence-corrected chi connectivity index (χ3v) is 2.86. The topological polar surface area (TPSA) is 27.7 Å². The summed E-state index contributed by atoms with van der Waals surface area (Å²) in [5.74, 6) is 0. The van der Waals surface area contributed by atoms with Crippen molar-refractivity contribution >= 4 is 11.3 Å². The van der Waals surface area contributed by atoms with E-state index in [0.29, 0.717) is 19.8 Å². The van der Waals surface area contributed by atoms with Gasteiger partial charge in [-0.15, -0.1) is 11.3 Å². The first-order valence-corrected chi connectivity index (χ1v) is 5.99. The van der Waals surface area contributed by atoms with Gasteiger partial charge in [0.15, 0.2) is 6.29 Å². The molecule has 0 bridgehead atoms. The van der Waals surface area contributed by atoms with Crippen molar-refractivity contribution in [1.29, 1.82) is 0 Å². The molecular weight excluding hydrogens is 212 g/mol. The maximum atomic E-state index is 5.51. The lowest BCUT2D eigenvalue weighted by atomic mass is 10.3. The van der Waals surface area contributed by atoms with Gasteiger partial charge in [0.2, 0.25) is 0 Å². The third kappa shape index (κ3) is 3.91. The van der Waals surface area contributed by atoms with E-state index >= 15 is 0 Å². The maximum Gasteiger partial charge on any atom is 0.193 e. The van der Waals surface area contributed by atoms with Crippen molar-refractivity contribution in [2.45, 2.75) is 26.7 Å². The zero-order chi connectivity index (χ0) is 11.1. The summed E-state index contributed by atoms with van der Waals surface area (Å²) in [6.45, 7) is 5.89. The van der Waals surface area contributed by atoms with Crippen molar-refractivity contribution in [2.75, 3.05) is 20.3 Å². The van der Waals surface area contributed by atoms with Gasteiger partial charge in [-0.05, 0) is 30.9 Å². The molecule has 0 spiro atoms. The number of hydrogen-bond donors (Lipinski definition) is 0. The van der Waals surface area contributed by atoms with Crippen LogP contribution in [-0.2, 0) is 20.8 Å². The van der Waals surface area contributed by atoms with Crippen LogP contribution in [0.2, 0.25) is 0 Å². The van der Waals surface area contributed by atoms with E-state index in [-0.39, 0.29) is 6.29 Å². The summed E-state index contributed by atoms with van der Waals surface area (Å²) in [5, 5.41) is 2.07. The van der Waals surface area contributed by atoms with E-state index in [9.17, 15) is 0 Å². The predicted octanol–water partition coefficient (Wildman–Crippen LogP) is 2.97. The van der Waals surface area contributed by atoms with E-state index in [0.717, 1.165) is 4.88 Å². The number of methoxy groups -OCH3 is 1. The van der Waals surface area contributed by atoms with Crippen LogP contribution in [0.25, 0.3) is 0 Å². The summed E-state index contributed by atoms with van der Waals surface area (Å²) < 4.78 is 16.1. The Labute approximate surface area is 95.0 Å². The average molecular weight is 230 g/mol. The quantitative estimate of drug-likeness (QED) is 0.674. The third-order valence-electron chi connectivity index (χ3n) is 1.85. The predicted molar refractivity (Wildman–Crippen MR) is 61.0 cm³/mol. The van der Waals surface area contributed by atoms with Gasteiger partial charge in [0.25, 0.3) is 0 Å². The molecule has 1 aromatic heterocycles. The fourth-order valence-electron chi connectivity index (χ4n) is 1.28. The molecule has 1 heterocycles. The van der Waals surface area contributed by atoms with Crippen LogP contribution < -0.4 is 0 Å². The molecule has 3 nitrogen and oxygen atoms in total. The van der Waals surface area contributed by atoms with Crippen molar-refractivity contribution in [1.82, 2.24) is 0 Å². The molecule has 15 heavy (non-hydrogen) atoms. The molecular formula is C11H18O3S. The number of rotatable bonds is 7. The van der Waals surface area contributed by atoms with Crippen molar-refractivity contribution in [2.24, 2.45) is 0 Å². The van der Waals surface area contributed by atoms with Crippen LogP contribution in [-0.4, -0.2) is 20.3 Å². The average Bonchev–Trinajstić information content (AvgIpc) is 2.67. The molecule has 0 atom stereocenters. The molecule has 0 N–H and O–H groups in total. The van der Waals surface area contributed by atoms with E-state index in [1.54, 1.807) is 18.4 Å². The highest BCUT2D eigenvalue weighted by Crippen LogP contribution is 2.26. The van der Waals surface area contributed by atoms with E-state index < -0.39 is 0 Å². The molecule has 0 saturated carbocycles. The lowest BCUT2D eigenvalue weighted by Crippen LogP contribution is -2.07. The fourth-order valence-corrected chi connectivity index (χ4v) is 2.17. The molecule has 1 aromatic rings. The maximum absolute atomic E-state index is 5.51. The molecule has 0 unspecified atom stereocenters. The van der Waals surface area contributed by atoms with Crippen molar-refractivity contribution < 1.29 is 14.2 Å². The van der Waals surface area contributed by atoms with Crippen LogP contribution in [0, 0.1) is 0 Å². The number of hydrogen-bond acceptors (Lipinski definition) is 4. The van der Waals surface area contributed by atoms with Gasteiger partial charge in [-0.1, -0.05) is 0 Å². The highest BCUT2D eigenvalue weighted by Gasteiger charge is 2.13. The molecule has 0 amide bonds. The smallest absolute Gasteiger partial charge is 0.193 e. The van der Waals surface area contributed by atoms with Gasteiger partial charge in [-0.3, -0.25) is 0 Å². The molecule has 0 radical (unpaired) electrons. The molecule has 86 valence electrons. The monoisotopic (exact) mass is 230 g/mol. The first-order chi connectivity index (χ1) is 7.31. The Morgan fingerprint density at radius 3 is 2.47 bits per heavy atom. The number of ether oxygens (including phenoxy) is 3. The van der Waals surface area contributed by atoms with E-state index in [2.05, 4.69) is 11.4 Å². The minimum Gasteiger partial charge on any atom is -0.380 e. The van der Waals surface area contributed by atoms with Gasteiger partial charge < -0.3 is 14.2 Å². The van der Waals surface area contributed by atoms with Gasteiger partial charge in [0.05, 0.1) is 11.5 Å². The number of thiophene rings is 1. The van der Waals surface area contributed by atoms with E-state index in [1.807, 2.05) is 13.8 Å². The first kappa shape index (κ1) is 12.6. The van der Waals surface area contributed by atoms with Crippen LogP contribution in [0.4, 0.5) is 0 Å². The van der Waals surface area contributed by atoms with Crippen molar-refractivity contribution in [3.8, 4) is 0 Å². The highest BCUT2D eigenvalue weighted by atomic mass is 32.1. The lowest BCUT2D eigenvalue weighted by Gasteiger charge is -2.14. The normalized spacial score (nSPS) is 11.2. The molecule has 0 aliphatic rings. The van der Waals surface area contributed by atoms with Crippen LogP contribution in [0.3, 0.4) is 0 Å². The molecule has 0 aliphatic heterocycles. The first-order valence-electron chi connectivity index (χ1n) is 5.11. The highest BCUT2D eigenvalue weighted by molar-refractivity contribution is 7.10. The Morgan fingerprint density at radius 1 is 1.27 bits per heavy atom. The molecule has 0 saturated heterocycles. The van der Waals surface area contributed by atoms with E-state index in [1.165, 1.54) is 5.56 Å². The van der Waals surface area contributed by atoms with Crippen molar-refractivity contribution in [3.63, 3.8) is 0 Å². The summed E-state index contributed by atoms with van der Waals surface area (Å²) in [6, 6.07) is 2.07. The van der Waals surface area contributed by atoms with Crippen molar-refractivity contribution in [3.05, 3.63) is 21.9 Å². The molecule has 0 fully saturated rings. The van der Waals surface area contributed by atoms with Gasteiger partial charge in [-0.2, -0.15) is 0 Å². The Morgan fingerprint density at radius 2 is 1.93 bits per heavy atom. The molecule has 1 rings (SSSR count). The minimum absolute atomic E-state index is 0.226. The second-order valence-electron chi connectivity index (χ2n) is 3.03. The Hall–Kier alpha value is -0.420. The van der Waals surface area contributed by atoms with E-state index in [4.69, 9.17) is 14.2 Å². The molecule has 4 heteroatoms. The Kier molecular flexibility index (Phi) is 5.86. The fraction of sp³-hybridized carbons (Fsp3) is 0.636. The Balaban J connectivity index is 2.63. The summed E-state index contributed by atoms with van der Waals surface area (Å²) >= 11 is 1.65. The summed E-state index contributed by atoms with van der Waals surface area (Å²) in [5.41, 5.74) is 1.17.